The van der Waals surface area contributed by atoms with Gasteiger partial charge < -0.3 is 4.57 Å². The monoisotopic (exact) mass is 421 g/mol. The number of benzene rings is 4. The first-order chi connectivity index (χ1) is 16.4. The molecule has 0 saturated heterocycles. The first-order valence-electron chi connectivity index (χ1n) is 11.1. The summed E-state index contributed by atoms with van der Waals surface area (Å²) in [7, 11) is 0. The van der Waals surface area contributed by atoms with Gasteiger partial charge in [0.2, 0.25) is 0 Å². The largest absolute Gasteiger partial charge is 0.309 e. The van der Waals surface area contributed by atoms with E-state index in [0.717, 1.165) is 22.2 Å². The molecule has 33 heavy (non-hydrogen) atoms. The van der Waals surface area contributed by atoms with Gasteiger partial charge in [0.1, 0.15) is 0 Å². The van der Waals surface area contributed by atoms with Crippen LogP contribution in [0.4, 0.5) is 0 Å². The van der Waals surface area contributed by atoms with Crippen LogP contribution in [-0.4, -0.2) is 14.5 Å². The molecule has 0 radical (unpaired) electrons. The van der Waals surface area contributed by atoms with Crippen molar-refractivity contribution in [2.75, 3.05) is 0 Å². The summed E-state index contributed by atoms with van der Waals surface area (Å²) >= 11 is 0. The fourth-order valence-electron chi connectivity index (χ4n) is 5.12. The quantitative estimate of drug-likeness (QED) is 0.270. The van der Waals surface area contributed by atoms with Gasteiger partial charge in [-0.3, -0.25) is 9.97 Å². The summed E-state index contributed by atoms with van der Waals surface area (Å²) in [6.07, 6.45) is 5.57. The molecule has 0 atom stereocenters. The maximum Gasteiger partial charge on any atom is 0.0801 e. The second-order valence-electron chi connectivity index (χ2n) is 8.31. The number of para-hydroxylation sites is 1. The van der Waals surface area contributed by atoms with E-state index in [1.807, 2.05) is 24.7 Å². The van der Waals surface area contributed by atoms with Crippen LogP contribution < -0.4 is 0 Å². The molecule has 154 valence electrons. The van der Waals surface area contributed by atoms with Gasteiger partial charge in [0.25, 0.3) is 0 Å². The van der Waals surface area contributed by atoms with Crippen LogP contribution in [0.15, 0.2) is 116 Å². The Kier molecular flexibility index (Phi) is 3.84. The molecule has 0 amide bonds. The van der Waals surface area contributed by atoms with Gasteiger partial charge in [-0.25, -0.2) is 0 Å². The Hall–Kier alpha value is -4.50. The molecule has 0 saturated carbocycles. The van der Waals surface area contributed by atoms with Crippen molar-refractivity contribution in [3.8, 4) is 16.8 Å². The highest BCUT2D eigenvalue weighted by molar-refractivity contribution is 6.31. The summed E-state index contributed by atoms with van der Waals surface area (Å²) in [6, 6.07) is 34.4. The van der Waals surface area contributed by atoms with Crippen LogP contribution in [0, 0.1) is 0 Å². The summed E-state index contributed by atoms with van der Waals surface area (Å²) in [5.74, 6) is 0. The Bertz CT molecular complexity index is 1810. The van der Waals surface area contributed by atoms with Crippen molar-refractivity contribution in [2.45, 2.75) is 0 Å². The van der Waals surface area contributed by atoms with Gasteiger partial charge in [-0.05, 0) is 59.0 Å². The van der Waals surface area contributed by atoms with Gasteiger partial charge in [-0.15, -0.1) is 0 Å². The standard InChI is InChI=1S/C30H19N3/c1-2-10-24-23(9-1)28-25-11-3-4-13-27(25)33(30(28)26-12-6-16-32-29(24)26)22-8-5-7-21(19-22)20-14-17-31-18-15-20/h1-19H. The Morgan fingerprint density at radius 1 is 0.545 bits per heavy atom. The summed E-state index contributed by atoms with van der Waals surface area (Å²) < 4.78 is 2.39. The highest BCUT2D eigenvalue weighted by atomic mass is 15.0. The Balaban J connectivity index is 1.69. The fraction of sp³-hybridized carbons (Fsp3) is 0. The van der Waals surface area contributed by atoms with Crippen molar-refractivity contribution in [3.63, 3.8) is 0 Å². The SMILES string of the molecule is c1cc(-c2ccncc2)cc(-n2c3ccccc3c3c4ccccc4c4ncccc4c32)c1. The fourth-order valence-corrected chi connectivity index (χ4v) is 5.12. The average Bonchev–Trinajstić information content (AvgIpc) is 3.25. The molecule has 0 spiro atoms. The summed E-state index contributed by atoms with van der Waals surface area (Å²) in [6.45, 7) is 0. The van der Waals surface area contributed by atoms with Crippen LogP contribution >= 0.6 is 0 Å². The van der Waals surface area contributed by atoms with Crippen LogP contribution in [-0.2, 0) is 0 Å². The predicted octanol–water partition coefficient (Wildman–Crippen LogP) is 7.55. The molecule has 3 aromatic heterocycles. The average molecular weight is 422 g/mol. The zero-order valence-electron chi connectivity index (χ0n) is 17.8. The minimum absolute atomic E-state index is 1.04. The highest BCUT2D eigenvalue weighted by Gasteiger charge is 2.19. The van der Waals surface area contributed by atoms with Crippen molar-refractivity contribution < 1.29 is 0 Å². The lowest BCUT2D eigenvalue weighted by Crippen LogP contribution is -1.96. The molecule has 0 aliphatic rings. The molecule has 0 unspecified atom stereocenters. The van der Waals surface area contributed by atoms with E-state index in [2.05, 4.69) is 101 Å². The third-order valence-electron chi connectivity index (χ3n) is 6.51. The van der Waals surface area contributed by atoms with Gasteiger partial charge in [0.15, 0.2) is 0 Å². The summed E-state index contributed by atoms with van der Waals surface area (Å²) in [5.41, 5.74) is 6.89. The molecule has 0 aliphatic carbocycles. The maximum atomic E-state index is 4.81. The van der Waals surface area contributed by atoms with E-state index >= 15 is 0 Å². The van der Waals surface area contributed by atoms with Crippen molar-refractivity contribution in [2.24, 2.45) is 0 Å². The highest BCUT2D eigenvalue weighted by Crippen LogP contribution is 2.41. The molecule has 3 heterocycles. The van der Waals surface area contributed by atoms with Crippen molar-refractivity contribution in [3.05, 3.63) is 116 Å². The van der Waals surface area contributed by atoms with Crippen LogP contribution in [0.1, 0.15) is 0 Å². The van der Waals surface area contributed by atoms with Crippen LogP contribution in [0.2, 0.25) is 0 Å². The lowest BCUT2D eigenvalue weighted by molar-refractivity contribution is 1.19. The zero-order valence-corrected chi connectivity index (χ0v) is 17.8. The van der Waals surface area contributed by atoms with Gasteiger partial charge >= 0.3 is 0 Å². The van der Waals surface area contributed by atoms with Crippen molar-refractivity contribution in [1.29, 1.82) is 0 Å². The van der Waals surface area contributed by atoms with Crippen molar-refractivity contribution >= 4 is 43.5 Å². The Labute approximate surface area is 190 Å². The molecular formula is C30H19N3. The number of hydrogen-bond donors (Lipinski definition) is 0. The number of aromatic nitrogens is 3. The first kappa shape index (κ1) is 18.1. The van der Waals surface area contributed by atoms with Crippen LogP contribution in [0.3, 0.4) is 0 Å². The van der Waals surface area contributed by atoms with Crippen molar-refractivity contribution in [1.82, 2.24) is 14.5 Å². The molecule has 0 fully saturated rings. The summed E-state index contributed by atoms with van der Waals surface area (Å²) in [5, 5.41) is 6.12. The number of pyridine rings is 2. The second-order valence-corrected chi connectivity index (χ2v) is 8.31. The van der Waals surface area contributed by atoms with E-state index in [-0.39, 0.29) is 0 Å². The van der Waals surface area contributed by atoms with Gasteiger partial charge in [-0.1, -0.05) is 54.6 Å². The topological polar surface area (TPSA) is 30.7 Å². The van der Waals surface area contributed by atoms with Gasteiger partial charge in [0, 0.05) is 45.8 Å². The van der Waals surface area contributed by atoms with E-state index in [4.69, 9.17) is 4.98 Å². The van der Waals surface area contributed by atoms with E-state index < -0.39 is 0 Å². The van der Waals surface area contributed by atoms with E-state index in [1.54, 1.807) is 0 Å². The lowest BCUT2D eigenvalue weighted by atomic mass is 9.99. The lowest BCUT2D eigenvalue weighted by Gasteiger charge is -2.13. The Morgan fingerprint density at radius 3 is 2.18 bits per heavy atom. The molecule has 0 N–H and O–H groups in total. The Morgan fingerprint density at radius 2 is 1.30 bits per heavy atom. The summed E-state index contributed by atoms with van der Waals surface area (Å²) in [4.78, 5) is 8.99. The molecule has 3 heteroatoms. The van der Waals surface area contributed by atoms with Gasteiger partial charge in [0.05, 0.1) is 16.6 Å². The van der Waals surface area contributed by atoms with Crippen LogP contribution in [0.5, 0.6) is 0 Å². The molecule has 4 aromatic carbocycles. The number of hydrogen-bond acceptors (Lipinski definition) is 2. The molecule has 7 rings (SSSR count). The normalized spacial score (nSPS) is 11.6. The third-order valence-corrected chi connectivity index (χ3v) is 6.51. The predicted molar refractivity (Wildman–Crippen MR) is 137 cm³/mol. The number of nitrogens with zero attached hydrogens (tertiary/aromatic N) is 3. The molecular weight excluding hydrogens is 402 g/mol. The van der Waals surface area contributed by atoms with Gasteiger partial charge in [-0.2, -0.15) is 0 Å². The third kappa shape index (κ3) is 2.63. The van der Waals surface area contributed by atoms with E-state index in [9.17, 15) is 0 Å². The molecule has 0 aliphatic heterocycles. The minimum atomic E-state index is 1.04. The number of fused-ring (bicyclic) bond motifs is 8. The van der Waals surface area contributed by atoms with E-state index in [1.165, 1.54) is 38.1 Å². The zero-order chi connectivity index (χ0) is 21.8. The number of rotatable bonds is 2. The second kappa shape index (κ2) is 7.01. The molecule has 3 nitrogen and oxygen atoms in total. The van der Waals surface area contributed by atoms with Crippen LogP contribution in [0.25, 0.3) is 60.3 Å². The molecule has 0 bridgehead atoms. The smallest absolute Gasteiger partial charge is 0.0801 e. The minimum Gasteiger partial charge on any atom is -0.309 e. The maximum absolute atomic E-state index is 4.81. The van der Waals surface area contributed by atoms with E-state index in [0.29, 0.717) is 0 Å². The first-order valence-corrected chi connectivity index (χ1v) is 11.1. The molecule has 7 aromatic rings.